The molecule has 0 spiro atoms. The van der Waals surface area contributed by atoms with Crippen molar-refractivity contribution < 1.29 is 24.5 Å². The number of carboxylic acid groups (broad SMARTS) is 2. The molecule has 0 saturated carbocycles. The van der Waals surface area contributed by atoms with Crippen LogP contribution in [0.5, 0.6) is 0 Å². The molecule has 3 fully saturated rings. The first kappa shape index (κ1) is 26.1. The highest BCUT2D eigenvalue weighted by Gasteiger charge is 2.47. The molecule has 0 amide bonds. The predicted octanol–water partition coefficient (Wildman–Crippen LogP) is 5.42. The number of hydrogen-bond acceptors (Lipinski definition) is 4. The summed E-state index contributed by atoms with van der Waals surface area (Å²) in [6, 6.07) is 30.8. The van der Waals surface area contributed by atoms with Crippen LogP contribution < -0.4 is 0 Å². The van der Waals surface area contributed by atoms with Crippen molar-refractivity contribution in [2.24, 2.45) is 5.92 Å². The van der Waals surface area contributed by atoms with Gasteiger partial charge in [-0.15, -0.1) is 0 Å². The van der Waals surface area contributed by atoms with E-state index in [1.165, 1.54) is 42.6 Å². The van der Waals surface area contributed by atoms with Crippen LogP contribution in [0.25, 0.3) is 0 Å². The van der Waals surface area contributed by atoms with Gasteiger partial charge in [-0.25, -0.2) is 9.59 Å². The molecule has 3 aliphatic heterocycles. The Morgan fingerprint density at radius 3 is 1.83 bits per heavy atom. The average Bonchev–Trinajstić information content (AvgIpc) is 2.91. The summed E-state index contributed by atoms with van der Waals surface area (Å²) >= 11 is 3.69. The van der Waals surface area contributed by atoms with Crippen molar-refractivity contribution >= 4 is 27.9 Å². The van der Waals surface area contributed by atoms with E-state index in [4.69, 9.17) is 24.5 Å². The molecule has 2 bridgehead atoms. The summed E-state index contributed by atoms with van der Waals surface area (Å²) in [6.07, 6.45) is 2.73. The third kappa shape index (κ3) is 6.22. The number of ether oxygens (including phenoxy) is 1. The molecule has 3 aliphatic rings. The van der Waals surface area contributed by atoms with Crippen LogP contribution >= 0.6 is 15.9 Å². The van der Waals surface area contributed by atoms with E-state index in [1.807, 2.05) is 0 Å². The lowest BCUT2D eigenvalue weighted by atomic mass is 9.72. The molecular weight excluding hydrogens is 522 g/mol. The number of benzene rings is 3. The number of rotatable bonds is 6. The van der Waals surface area contributed by atoms with E-state index in [1.54, 1.807) is 0 Å². The Hall–Kier alpha value is -3.00. The van der Waals surface area contributed by atoms with Crippen LogP contribution in [0.4, 0.5) is 0 Å². The van der Waals surface area contributed by atoms with Gasteiger partial charge in [-0.05, 0) is 54.6 Å². The molecule has 6 rings (SSSR count). The largest absolute Gasteiger partial charge is 0.473 e. The van der Waals surface area contributed by atoms with Gasteiger partial charge in [0.1, 0.15) is 0 Å². The van der Waals surface area contributed by atoms with E-state index in [-0.39, 0.29) is 6.10 Å². The molecule has 3 aromatic rings. The van der Waals surface area contributed by atoms with Gasteiger partial charge in [0.25, 0.3) is 0 Å². The lowest BCUT2D eigenvalue weighted by molar-refractivity contribution is -0.159. The van der Waals surface area contributed by atoms with Crippen molar-refractivity contribution in [3.05, 3.63) is 106 Å². The second-order valence-corrected chi connectivity index (χ2v) is 9.99. The molecule has 2 atom stereocenters. The maximum Gasteiger partial charge on any atom is 0.414 e. The normalized spacial score (nSPS) is 22.5. The molecule has 0 aliphatic carbocycles. The first-order valence-corrected chi connectivity index (χ1v) is 12.9. The van der Waals surface area contributed by atoms with Gasteiger partial charge in [0.15, 0.2) is 0 Å². The molecule has 7 heteroatoms. The van der Waals surface area contributed by atoms with Crippen molar-refractivity contribution in [2.75, 3.05) is 13.1 Å². The molecule has 2 N–H and O–H groups in total. The topological polar surface area (TPSA) is 87.1 Å². The van der Waals surface area contributed by atoms with Crippen molar-refractivity contribution in [1.29, 1.82) is 0 Å². The van der Waals surface area contributed by atoms with E-state index in [0.29, 0.717) is 24.5 Å². The molecule has 3 aromatic carbocycles. The number of halogens is 1. The molecule has 188 valence electrons. The number of carbonyl (C=O) groups is 2. The van der Waals surface area contributed by atoms with Gasteiger partial charge in [0, 0.05) is 16.4 Å². The molecule has 2 unspecified atom stereocenters. The Balaban J connectivity index is 0.000000455. The van der Waals surface area contributed by atoms with Crippen molar-refractivity contribution in [3.8, 4) is 0 Å². The van der Waals surface area contributed by atoms with Gasteiger partial charge in [0.2, 0.25) is 0 Å². The van der Waals surface area contributed by atoms with Crippen LogP contribution in [0, 0.1) is 5.92 Å². The monoisotopic (exact) mass is 551 g/mol. The highest BCUT2D eigenvalue weighted by molar-refractivity contribution is 9.10. The maximum absolute atomic E-state index is 9.10. The summed E-state index contributed by atoms with van der Waals surface area (Å²) in [5, 5.41) is 14.8. The van der Waals surface area contributed by atoms with Crippen LogP contribution in [-0.4, -0.2) is 52.3 Å². The van der Waals surface area contributed by atoms with Crippen molar-refractivity contribution in [1.82, 2.24) is 4.90 Å². The molecule has 36 heavy (non-hydrogen) atoms. The van der Waals surface area contributed by atoms with Gasteiger partial charge in [-0.2, -0.15) is 0 Å². The Kier molecular flexibility index (Phi) is 8.91. The molecule has 3 saturated heterocycles. The van der Waals surface area contributed by atoms with E-state index in [2.05, 4.69) is 106 Å². The van der Waals surface area contributed by atoms with Gasteiger partial charge in [-0.1, -0.05) is 94.8 Å². The lowest BCUT2D eigenvalue weighted by Gasteiger charge is -2.53. The number of fused-ring (bicyclic) bond motifs is 3. The van der Waals surface area contributed by atoms with Gasteiger partial charge >= 0.3 is 11.9 Å². The zero-order chi connectivity index (χ0) is 25.5. The molecular formula is C29H30BrNO5. The SMILES string of the molecule is Brc1ccccc1COC1C2CCN(CC2)C1C(c1ccccc1)c1ccccc1.O=C(O)C(=O)O. The summed E-state index contributed by atoms with van der Waals surface area (Å²) in [6.45, 7) is 3.02. The Bertz CT molecular complexity index is 1100. The second kappa shape index (κ2) is 12.3. The summed E-state index contributed by atoms with van der Waals surface area (Å²) < 4.78 is 7.88. The maximum atomic E-state index is 9.10. The van der Waals surface area contributed by atoms with Crippen LogP contribution in [0.3, 0.4) is 0 Å². The van der Waals surface area contributed by atoms with E-state index in [9.17, 15) is 0 Å². The number of hydrogen-bond donors (Lipinski definition) is 2. The minimum absolute atomic E-state index is 0.241. The zero-order valence-corrected chi connectivity index (χ0v) is 21.5. The van der Waals surface area contributed by atoms with Gasteiger partial charge < -0.3 is 14.9 Å². The van der Waals surface area contributed by atoms with Gasteiger partial charge in [-0.3, -0.25) is 4.90 Å². The van der Waals surface area contributed by atoms with Crippen LogP contribution in [0.1, 0.15) is 35.4 Å². The number of piperidine rings is 3. The molecule has 6 nitrogen and oxygen atoms in total. The molecule has 3 heterocycles. The highest BCUT2D eigenvalue weighted by atomic mass is 79.9. The summed E-state index contributed by atoms with van der Waals surface area (Å²) in [4.78, 5) is 20.9. The quantitative estimate of drug-likeness (QED) is 0.398. The van der Waals surface area contributed by atoms with E-state index in [0.717, 1.165) is 4.47 Å². The molecule has 0 radical (unpaired) electrons. The molecule has 0 aromatic heterocycles. The average molecular weight is 552 g/mol. The Morgan fingerprint density at radius 1 is 0.833 bits per heavy atom. The lowest BCUT2D eigenvalue weighted by Crippen LogP contribution is -2.60. The van der Waals surface area contributed by atoms with E-state index < -0.39 is 11.9 Å². The minimum Gasteiger partial charge on any atom is -0.473 e. The fourth-order valence-electron chi connectivity index (χ4n) is 5.38. The van der Waals surface area contributed by atoms with Crippen molar-refractivity contribution in [3.63, 3.8) is 0 Å². The number of carboxylic acids is 2. The number of aliphatic carboxylic acids is 2. The Morgan fingerprint density at radius 2 is 1.33 bits per heavy atom. The fraction of sp³-hybridized carbons (Fsp3) is 0.310. The fourth-order valence-corrected chi connectivity index (χ4v) is 5.78. The highest BCUT2D eigenvalue weighted by Crippen LogP contribution is 2.43. The van der Waals surface area contributed by atoms with Gasteiger partial charge in [0.05, 0.1) is 12.7 Å². The first-order valence-electron chi connectivity index (χ1n) is 12.1. The predicted molar refractivity (Wildman–Crippen MR) is 141 cm³/mol. The smallest absolute Gasteiger partial charge is 0.414 e. The third-order valence-corrected chi connectivity index (χ3v) is 7.80. The van der Waals surface area contributed by atoms with Crippen LogP contribution in [-0.2, 0) is 20.9 Å². The second-order valence-electron chi connectivity index (χ2n) is 9.14. The van der Waals surface area contributed by atoms with Crippen LogP contribution in [0.2, 0.25) is 0 Å². The summed E-state index contributed by atoms with van der Waals surface area (Å²) in [5.74, 6) is -2.69. The summed E-state index contributed by atoms with van der Waals surface area (Å²) in [5.41, 5.74) is 4.00. The Labute approximate surface area is 219 Å². The summed E-state index contributed by atoms with van der Waals surface area (Å²) in [7, 11) is 0. The van der Waals surface area contributed by atoms with Crippen molar-refractivity contribution in [2.45, 2.75) is 37.5 Å². The minimum atomic E-state index is -1.82. The standard InChI is InChI=1S/C27H28BrNO.C2H2O4/c28-24-14-8-7-13-23(24)19-30-27-22-15-17-29(18-16-22)26(27)25(20-9-3-1-4-10-20)21-11-5-2-6-12-21;3-1(4)2(5)6/h1-14,22,25-27H,15-19H2;(H,3,4)(H,5,6). The van der Waals surface area contributed by atoms with E-state index >= 15 is 0 Å². The zero-order valence-electron chi connectivity index (χ0n) is 19.9. The number of nitrogens with zero attached hydrogens (tertiary/aromatic N) is 1. The third-order valence-electron chi connectivity index (χ3n) is 7.03. The van der Waals surface area contributed by atoms with Crippen LogP contribution in [0.15, 0.2) is 89.4 Å². The first-order chi connectivity index (χ1) is 17.5.